The molecule has 1 aromatic heterocycles. The van der Waals surface area contributed by atoms with Crippen LogP contribution in [0.4, 0.5) is 8.78 Å². The van der Waals surface area contributed by atoms with Gasteiger partial charge in [0.15, 0.2) is 0 Å². The van der Waals surface area contributed by atoms with Gasteiger partial charge in [-0.15, -0.1) is 0 Å². The molecule has 0 spiro atoms. The number of rotatable bonds is 6. The number of nitrogens with zero attached hydrogens (tertiary/aromatic N) is 2. The minimum Gasteiger partial charge on any atom is -0.337 e. The van der Waals surface area contributed by atoms with Crippen molar-refractivity contribution in [2.75, 3.05) is 6.54 Å². The minimum atomic E-state index is -0.549. The summed E-state index contributed by atoms with van der Waals surface area (Å²) >= 11 is 3.10. The topological polar surface area (TPSA) is 29.9 Å². The van der Waals surface area contributed by atoms with Gasteiger partial charge < -0.3 is 9.88 Å². The van der Waals surface area contributed by atoms with E-state index in [0.717, 1.165) is 18.8 Å². The SMILES string of the molecule is CCCNC(Cc1c(F)ccc(Br)c1F)c1nccn1C. The second kappa shape index (κ2) is 7.13. The van der Waals surface area contributed by atoms with Crippen LogP contribution >= 0.6 is 15.9 Å². The van der Waals surface area contributed by atoms with Crippen molar-refractivity contribution < 1.29 is 8.78 Å². The number of benzene rings is 1. The Morgan fingerprint density at radius 1 is 1.38 bits per heavy atom. The number of aryl methyl sites for hydroxylation is 1. The van der Waals surface area contributed by atoms with Crippen LogP contribution < -0.4 is 5.32 Å². The van der Waals surface area contributed by atoms with E-state index in [1.165, 1.54) is 12.1 Å². The maximum atomic E-state index is 14.1. The summed E-state index contributed by atoms with van der Waals surface area (Å²) in [5, 5.41) is 3.30. The third-order valence-electron chi connectivity index (χ3n) is 3.36. The molecule has 0 saturated carbocycles. The molecule has 6 heteroatoms. The summed E-state index contributed by atoms with van der Waals surface area (Å²) < 4.78 is 30.2. The fraction of sp³-hybridized carbons (Fsp3) is 0.400. The van der Waals surface area contributed by atoms with Gasteiger partial charge in [-0.05, 0) is 41.0 Å². The number of hydrogen-bond donors (Lipinski definition) is 1. The lowest BCUT2D eigenvalue weighted by molar-refractivity contribution is 0.464. The Morgan fingerprint density at radius 3 is 2.76 bits per heavy atom. The molecule has 0 saturated heterocycles. The molecule has 0 amide bonds. The molecule has 0 radical (unpaired) electrons. The van der Waals surface area contributed by atoms with Gasteiger partial charge in [-0.1, -0.05) is 6.92 Å². The zero-order valence-electron chi connectivity index (χ0n) is 12.0. The number of hydrogen-bond acceptors (Lipinski definition) is 2. The van der Waals surface area contributed by atoms with Crippen LogP contribution in [0.15, 0.2) is 29.0 Å². The highest BCUT2D eigenvalue weighted by Crippen LogP contribution is 2.26. The highest BCUT2D eigenvalue weighted by Gasteiger charge is 2.21. The van der Waals surface area contributed by atoms with Crippen LogP contribution in [-0.4, -0.2) is 16.1 Å². The molecule has 1 atom stereocenters. The predicted molar refractivity (Wildman–Crippen MR) is 82.0 cm³/mol. The van der Waals surface area contributed by atoms with Gasteiger partial charge in [0.05, 0.1) is 10.5 Å². The van der Waals surface area contributed by atoms with Crippen LogP contribution in [-0.2, 0) is 13.5 Å². The fourth-order valence-corrected chi connectivity index (χ4v) is 2.62. The third-order valence-corrected chi connectivity index (χ3v) is 3.97. The van der Waals surface area contributed by atoms with E-state index in [1.54, 1.807) is 6.20 Å². The van der Waals surface area contributed by atoms with Crippen LogP contribution in [0.1, 0.15) is 30.8 Å². The molecule has 2 aromatic rings. The average molecular weight is 358 g/mol. The summed E-state index contributed by atoms with van der Waals surface area (Å²) in [7, 11) is 1.87. The first-order valence-corrected chi connectivity index (χ1v) is 7.66. The van der Waals surface area contributed by atoms with Crippen molar-refractivity contribution in [1.82, 2.24) is 14.9 Å². The summed E-state index contributed by atoms with van der Waals surface area (Å²) in [5.41, 5.74) is 0.0704. The Hall–Kier alpha value is -1.27. The summed E-state index contributed by atoms with van der Waals surface area (Å²) in [5.74, 6) is -0.317. The molecule has 1 heterocycles. The van der Waals surface area contributed by atoms with Gasteiger partial charge in [-0.2, -0.15) is 0 Å². The van der Waals surface area contributed by atoms with Crippen LogP contribution in [0, 0.1) is 11.6 Å². The predicted octanol–water partition coefficient (Wildman–Crippen LogP) is 3.74. The monoisotopic (exact) mass is 357 g/mol. The molecule has 0 bridgehead atoms. The first kappa shape index (κ1) is 16.1. The van der Waals surface area contributed by atoms with Gasteiger partial charge in [0.25, 0.3) is 0 Å². The maximum Gasteiger partial charge on any atom is 0.143 e. The van der Waals surface area contributed by atoms with E-state index < -0.39 is 11.6 Å². The summed E-state index contributed by atoms with van der Waals surface area (Å²) in [6, 6.07) is 2.42. The molecule has 3 nitrogen and oxygen atoms in total. The summed E-state index contributed by atoms with van der Waals surface area (Å²) in [6.45, 7) is 2.80. The Kier molecular flexibility index (Phi) is 5.47. The molecule has 1 N–H and O–H groups in total. The van der Waals surface area contributed by atoms with Crippen molar-refractivity contribution in [3.63, 3.8) is 0 Å². The largest absolute Gasteiger partial charge is 0.337 e. The lowest BCUT2D eigenvalue weighted by Crippen LogP contribution is -2.27. The smallest absolute Gasteiger partial charge is 0.143 e. The van der Waals surface area contributed by atoms with Crippen molar-refractivity contribution >= 4 is 15.9 Å². The molecular formula is C15H18BrF2N3. The van der Waals surface area contributed by atoms with Crippen LogP contribution in [0.3, 0.4) is 0 Å². The lowest BCUT2D eigenvalue weighted by atomic mass is 10.0. The Labute approximate surface area is 131 Å². The molecule has 1 aromatic carbocycles. The fourth-order valence-electron chi connectivity index (χ4n) is 2.25. The molecule has 0 aliphatic heterocycles. The molecule has 21 heavy (non-hydrogen) atoms. The van der Waals surface area contributed by atoms with Crippen molar-refractivity contribution in [2.24, 2.45) is 7.05 Å². The molecule has 1 unspecified atom stereocenters. The highest BCUT2D eigenvalue weighted by atomic mass is 79.9. The summed E-state index contributed by atoms with van der Waals surface area (Å²) in [4.78, 5) is 4.29. The Balaban J connectivity index is 2.32. The van der Waals surface area contributed by atoms with Gasteiger partial charge in [-0.25, -0.2) is 13.8 Å². The van der Waals surface area contributed by atoms with E-state index in [9.17, 15) is 8.78 Å². The molecule has 0 aliphatic carbocycles. The first-order chi connectivity index (χ1) is 10.0. The van der Waals surface area contributed by atoms with E-state index in [2.05, 4.69) is 26.2 Å². The van der Waals surface area contributed by atoms with Crippen molar-refractivity contribution in [3.8, 4) is 0 Å². The second-order valence-corrected chi connectivity index (χ2v) is 5.78. The first-order valence-electron chi connectivity index (χ1n) is 6.87. The maximum absolute atomic E-state index is 14.1. The molecule has 114 valence electrons. The van der Waals surface area contributed by atoms with E-state index in [1.807, 2.05) is 24.7 Å². The summed E-state index contributed by atoms with van der Waals surface area (Å²) in [6.07, 6.45) is 4.65. The normalized spacial score (nSPS) is 12.6. The van der Waals surface area contributed by atoms with Gasteiger partial charge in [0, 0.05) is 31.4 Å². The molecule has 0 aliphatic rings. The Morgan fingerprint density at radius 2 is 2.14 bits per heavy atom. The van der Waals surface area contributed by atoms with Crippen LogP contribution in [0.25, 0.3) is 0 Å². The molecule has 2 rings (SSSR count). The third kappa shape index (κ3) is 3.68. The van der Waals surface area contributed by atoms with Gasteiger partial charge in [0.1, 0.15) is 17.5 Å². The van der Waals surface area contributed by atoms with Crippen molar-refractivity contribution in [3.05, 3.63) is 52.0 Å². The lowest BCUT2D eigenvalue weighted by Gasteiger charge is -2.19. The molecular weight excluding hydrogens is 340 g/mol. The van der Waals surface area contributed by atoms with Gasteiger partial charge in [0.2, 0.25) is 0 Å². The number of halogens is 3. The minimum absolute atomic E-state index is 0.0704. The quantitative estimate of drug-likeness (QED) is 0.798. The van der Waals surface area contributed by atoms with Crippen molar-refractivity contribution in [2.45, 2.75) is 25.8 Å². The van der Waals surface area contributed by atoms with Crippen molar-refractivity contribution in [1.29, 1.82) is 0 Å². The molecule has 0 fully saturated rings. The van der Waals surface area contributed by atoms with E-state index in [0.29, 0.717) is 0 Å². The second-order valence-electron chi connectivity index (χ2n) is 4.93. The van der Waals surface area contributed by atoms with Crippen LogP contribution in [0.5, 0.6) is 0 Å². The highest BCUT2D eigenvalue weighted by molar-refractivity contribution is 9.10. The van der Waals surface area contributed by atoms with Crippen LogP contribution in [0.2, 0.25) is 0 Å². The standard InChI is InChI=1S/C15H18BrF2N3/c1-3-6-19-13(15-20-7-8-21(15)2)9-10-12(17)5-4-11(16)14(10)18/h4-5,7-8,13,19H,3,6,9H2,1-2H3. The zero-order valence-corrected chi connectivity index (χ0v) is 13.6. The average Bonchev–Trinajstić information content (AvgIpc) is 2.89. The van der Waals surface area contributed by atoms with Gasteiger partial charge >= 0.3 is 0 Å². The number of nitrogens with one attached hydrogen (secondary N) is 1. The van der Waals surface area contributed by atoms with E-state index in [-0.39, 0.29) is 22.5 Å². The number of aromatic nitrogens is 2. The number of imidazole rings is 1. The van der Waals surface area contributed by atoms with Gasteiger partial charge in [-0.3, -0.25) is 0 Å². The zero-order chi connectivity index (χ0) is 15.4. The van der Waals surface area contributed by atoms with E-state index >= 15 is 0 Å². The Bertz CT molecular complexity index is 613. The van der Waals surface area contributed by atoms with E-state index in [4.69, 9.17) is 0 Å².